The molecule has 5 rings (SSSR count). The Labute approximate surface area is 204 Å². The Morgan fingerprint density at radius 1 is 0.943 bits per heavy atom. The van der Waals surface area contributed by atoms with E-state index in [0.29, 0.717) is 22.6 Å². The summed E-state index contributed by atoms with van der Waals surface area (Å²) in [6, 6.07) is 4.67. The summed E-state index contributed by atoms with van der Waals surface area (Å²) in [7, 11) is 3.92. The van der Waals surface area contributed by atoms with Gasteiger partial charge < -0.3 is 0 Å². The minimum absolute atomic E-state index is 0.0205. The second-order valence-electron chi connectivity index (χ2n) is 8.19. The van der Waals surface area contributed by atoms with Gasteiger partial charge in [0, 0.05) is 0 Å². The number of fused-ring (bicyclic) bond motifs is 3. The number of methoxy groups -OCH3 is 3. The van der Waals surface area contributed by atoms with Crippen molar-refractivity contribution in [1.82, 2.24) is 0 Å². The Morgan fingerprint density at radius 2 is 1.60 bits per heavy atom. The Balaban J connectivity index is 1.82. The summed E-state index contributed by atoms with van der Waals surface area (Å²) in [5.41, 5.74) is 1.09. The van der Waals surface area contributed by atoms with Crippen LogP contribution in [0.4, 0.5) is 13.2 Å². The van der Waals surface area contributed by atoms with Crippen LogP contribution in [0, 0.1) is 11.8 Å². The summed E-state index contributed by atoms with van der Waals surface area (Å²) in [5.74, 6) is -2.23. The molecule has 2 aliphatic heterocycles. The first kappa shape index (κ1) is 23.9. The molecule has 0 amide bonds. The van der Waals surface area contributed by atoms with Crippen LogP contribution < -0.4 is 28.1 Å². The Hall–Kier alpha value is -2.82. The van der Waals surface area contributed by atoms with Gasteiger partial charge in [0.25, 0.3) is 0 Å². The number of aliphatic hydroxyl groups is 1. The number of rotatable bonds is 5. The number of hydrogen-bond acceptors (Lipinski definition) is 8. The molecule has 1 N–H and O–H groups in total. The van der Waals surface area contributed by atoms with Crippen LogP contribution in [0.15, 0.2) is 18.2 Å². The average molecular weight is 561 g/mol. The van der Waals surface area contributed by atoms with Gasteiger partial charge in [0.15, 0.2) is 0 Å². The first-order chi connectivity index (χ1) is 16.7. The van der Waals surface area contributed by atoms with E-state index in [2.05, 4.69) is 0 Å². The van der Waals surface area contributed by atoms with Crippen molar-refractivity contribution in [3.8, 4) is 28.7 Å². The second-order valence-corrected chi connectivity index (χ2v) is 10.4. The molecule has 35 heavy (non-hydrogen) atoms. The normalized spacial score (nSPS) is 24.5. The third-order valence-corrected chi connectivity index (χ3v) is 8.31. The van der Waals surface area contributed by atoms with Crippen molar-refractivity contribution in [2.45, 2.75) is 17.1 Å². The Morgan fingerprint density at radius 3 is 2.20 bits per heavy atom. The molecule has 1 aliphatic carbocycles. The third-order valence-electron chi connectivity index (χ3n) is 6.51. The zero-order valence-electron chi connectivity index (χ0n) is 18.8. The average Bonchev–Trinajstić information content (AvgIpc) is 3.43. The minimum atomic E-state index is -4.53. The number of hydrogen-bond donors (Lipinski definition) is 1. The monoisotopic (exact) mass is 562 g/mol. The summed E-state index contributed by atoms with van der Waals surface area (Å²) < 4.78 is 73.8. The topological polar surface area (TPSA) is 92.7 Å². The number of halogens is 3. The molecule has 2 aromatic carbocycles. The van der Waals surface area contributed by atoms with E-state index < -0.39 is 49.9 Å². The molecule has 2 heterocycles. The van der Waals surface area contributed by atoms with Crippen molar-refractivity contribution in [3.05, 3.63) is 34.9 Å². The number of carbonyl (C=O) groups excluding carboxylic acids is 1. The van der Waals surface area contributed by atoms with E-state index >= 15 is 0 Å². The van der Waals surface area contributed by atoms with Gasteiger partial charge in [-0.25, -0.2) is 0 Å². The van der Waals surface area contributed by atoms with Gasteiger partial charge in [-0.05, 0) is 0 Å². The molecule has 0 spiro atoms. The molecule has 4 atom stereocenters. The molecule has 3 aliphatic rings. The molecule has 1 saturated heterocycles. The van der Waals surface area contributed by atoms with Crippen LogP contribution >= 0.6 is 0 Å². The molecule has 0 bridgehead atoms. The molecular weight excluding hydrogens is 540 g/mol. The van der Waals surface area contributed by atoms with Crippen LogP contribution in [0.2, 0.25) is 0 Å². The standard InChI is InChI=1S/C23H21F3O8Se/c1-29-15-6-11(21(35-23(24,25)26)20(31-3)19(15)30-2)16-9-4-13-14(34-8-33-13)5-10(9)18(27)12-7-32-22(28)17(12)16/h4-6,12,16-18,27H,7-8H2,1-3H3/t12-,16-,17-,18-/m0/s1. The molecule has 2 aromatic rings. The fraction of sp³-hybridized carbons (Fsp3) is 0.435. The molecule has 0 unspecified atom stereocenters. The van der Waals surface area contributed by atoms with Gasteiger partial charge in [-0.3, -0.25) is 0 Å². The molecule has 12 heteroatoms. The van der Waals surface area contributed by atoms with Crippen molar-refractivity contribution in [2.24, 2.45) is 11.8 Å². The SMILES string of the molecule is COc1cc([C@@H]2c3cc4c(cc3[C@H](O)[C@H]3COC(=O)[C@H]23)OCO4)c([Se]C(F)(F)F)c(OC)c1OC. The number of carbonyl (C=O) groups is 1. The summed E-state index contributed by atoms with van der Waals surface area (Å²) >= 11 is -2.06. The van der Waals surface area contributed by atoms with E-state index in [1.54, 1.807) is 12.1 Å². The van der Waals surface area contributed by atoms with Crippen molar-refractivity contribution >= 4 is 25.4 Å². The number of aliphatic hydroxyl groups excluding tert-OH is 1. The van der Waals surface area contributed by atoms with Crippen molar-refractivity contribution in [1.29, 1.82) is 0 Å². The predicted molar refractivity (Wildman–Crippen MR) is 115 cm³/mol. The molecule has 0 aromatic heterocycles. The van der Waals surface area contributed by atoms with Gasteiger partial charge in [0.2, 0.25) is 0 Å². The van der Waals surface area contributed by atoms with Gasteiger partial charge in [0.05, 0.1) is 0 Å². The zero-order valence-corrected chi connectivity index (χ0v) is 20.5. The van der Waals surface area contributed by atoms with Gasteiger partial charge in [0.1, 0.15) is 0 Å². The summed E-state index contributed by atoms with van der Waals surface area (Å²) in [6.07, 6.45) is -1.08. The number of esters is 1. The first-order valence-electron chi connectivity index (χ1n) is 10.5. The first-order valence-corrected chi connectivity index (χ1v) is 12.3. The van der Waals surface area contributed by atoms with Gasteiger partial charge in [-0.1, -0.05) is 0 Å². The quantitative estimate of drug-likeness (QED) is 0.440. The molecule has 1 fully saturated rings. The number of ether oxygens (including phenoxy) is 6. The van der Waals surface area contributed by atoms with Crippen molar-refractivity contribution in [3.63, 3.8) is 0 Å². The molecule has 0 radical (unpaired) electrons. The molecule has 8 nitrogen and oxygen atoms in total. The fourth-order valence-electron chi connectivity index (χ4n) is 5.11. The van der Waals surface area contributed by atoms with Crippen molar-refractivity contribution < 1.29 is 51.5 Å². The van der Waals surface area contributed by atoms with E-state index in [-0.39, 0.29) is 40.7 Å². The Kier molecular flexibility index (Phi) is 5.93. The summed E-state index contributed by atoms with van der Waals surface area (Å²) in [4.78, 5) is 12.9. The van der Waals surface area contributed by atoms with Crippen LogP contribution in [-0.4, -0.2) is 65.8 Å². The molecule has 188 valence electrons. The number of cyclic esters (lactones) is 1. The Bertz CT molecular complexity index is 1180. The van der Waals surface area contributed by atoms with Crippen LogP contribution in [-0.2, 0) is 9.53 Å². The van der Waals surface area contributed by atoms with Gasteiger partial charge >= 0.3 is 204 Å². The maximum absolute atomic E-state index is 13.8. The zero-order chi connectivity index (χ0) is 25.1. The predicted octanol–water partition coefficient (Wildman–Crippen LogP) is 2.26. The number of alkyl halides is 3. The van der Waals surface area contributed by atoms with E-state index in [1.807, 2.05) is 0 Å². The van der Waals surface area contributed by atoms with E-state index in [0.717, 1.165) is 0 Å². The maximum atomic E-state index is 13.8. The van der Waals surface area contributed by atoms with Crippen LogP contribution in [0.1, 0.15) is 28.7 Å². The van der Waals surface area contributed by atoms with Crippen molar-refractivity contribution in [2.75, 3.05) is 34.7 Å². The van der Waals surface area contributed by atoms with Crippen LogP contribution in [0.25, 0.3) is 0 Å². The molecular formula is C23H21F3O8Se. The van der Waals surface area contributed by atoms with E-state index in [9.17, 15) is 23.1 Å². The van der Waals surface area contributed by atoms with E-state index in [1.165, 1.54) is 27.4 Å². The second kappa shape index (κ2) is 8.69. The molecule has 0 saturated carbocycles. The summed E-state index contributed by atoms with van der Waals surface area (Å²) in [6.45, 7) is -0.0836. The van der Waals surface area contributed by atoms with E-state index in [4.69, 9.17) is 28.4 Å². The van der Waals surface area contributed by atoms with Crippen LogP contribution in [0.5, 0.6) is 28.7 Å². The van der Waals surface area contributed by atoms with Crippen LogP contribution in [0.3, 0.4) is 0 Å². The van der Waals surface area contributed by atoms with Gasteiger partial charge in [-0.15, -0.1) is 0 Å². The fourth-order valence-corrected chi connectivity index (χ4v) is 6.80. The number of benzene rings is 2. The summed E-state index contributed by atoms with van der Waals surface area (Å²) in [5, 5.41) is 6.58. The van der Waals surface area contributed by atoms with Gasteiger partial charge in [-0.2, -0.15) is 0 Å². The third kappa shape index (κ3) is 3.84.